The van der Waals surface area contributed by atoms with Crippen LogP contribution in [-0.4, -0.2) is 27.4 Å². The third-order valence-corrected chi connectivity index (χ3v) is 2.16. The molecule has 0 aliphatic carbocycles. The lowest BCUT2D eigenvalue weighted by Gasteiger charge is -1.98. The molecule has 3 N–H and O–H groups in total. The molecule has 0 saturated carbocycles. The van der Waals surface area contributed by atoms with Crippen LogP contribution in [0.25, 0.3) is 0 Å². The molecule has 7 nitrogen and oxygen atoms in total. The minimum atomic E-state index is -0.214. The Labute approximate surface area is 97.6 Å². The normalized spacial score (nSPS) is 10.4. The highest BCUT2D eigenvalue weighted by Gasteiger charge is 2.03. The maximum Gasteiger partial charge on any atom is 0.234 e. The summed E-state index contributed by atoms with van der Waals surface area (Å²) < 4.78 is 6.63. The van der Waals surface area contributed by atoms with E-state index in [2.05, 4.69) is 15.6 Å². The van der Waals surface area contributed by atoms with Gasteiger partial charge in [0.05, 0.1) is 38.4 Å². The molecule has 1 amide bonds. The van der Waals surface area contributed by atoms with Gasteiger partial charge in [-0.25, -0.2) is 4.68 Å². The topological polar surface area (TPSA) is 99.0 Å². The second kappa shape index (κ2) is 5.26. The summed E-state index contributed by atoms with van der Waals surface area (Å²) >= 11 is 0. The Balaban J connectivity index is 1.90. The van der Waals surface area contributed by atoms with Gasteiger partial charge < -0.3 is 15.5 Å². The minimum absolute atomic E-state index is 0.0246. The number of rotatable bonds is 5. The lowest BCUT2D eigenvalue weighted by molar-refractivity contribution is -0.119. The van der Waals surface area contributed by atoms with Crippen molar-refractivity contribution in [3.05, 3.63) is 36.0 Å². The average Bonchev–Trinajstić information content (AvgIpc) is 2.98. The molecule has 2 aromatic heterocycles. The fraction of sp³-hybridized carbons (Fsp3) is 0.300. The van der Waals surface area contributed by atoms with Crippen LogP contribution in [0.1, 0.15) is 11.3 Å². The summed E-state index contributed by atoms with van der Waals surface area (Å²) in [7, 11) is 0. The predicted octanol–water partition coefficient (Wildman–Crippen LogP) is -0.506. The molecule has 0 aliphatic heterocycles. The summed E-state index contributed by atoms with van der Waals surface area (Å²) in [6, 6.07) is 1.86. The van der Waals surface area contributed by atoms with Crippen LogP contribution in [0, 0.1) is 0 Å². The van der Waals surface area contributed by atoms with Crippen LogP contribution < -0.4 is 11.1 Å². The molecular formula is C10H13N5O2. The van der Waals surface area contributed by atoms with Crippen molar-refractivity contribution in [3.63, 3.8) is 0 Å². The van der Waals surface area contributed by atoms with Crippen LogP contribution in [-0.2, 0) is 17.9 Å². The van der Waals surface area contributed by atoms with E-state index >= 15 is 0 Å². The van der Waals surface area contributed by atoms with Gasteiger partial charge in [-0.3, -0.25) is 4.79 Å². The summed E-state index contributed by atoms with van der Waals surface area (Å²) in [4.78, 5) is 10.9. The lowest BCUT2D eigenvalue weighted by Crippen LogP contribution is -2.29. The van der Waals surface area contributed by atoms with Gasteiger partial charge in [0, 0.05) is 5.56 Å². The monoisotopic (exact) mass is 235 g/mol. The van der Waals surface area contributed by atoms with E-state index in [-0.39, 0.29) is 12.5 Å². The summed E-state index contributed by atoms with van der Waals surface area (Å²) in [5.74, 6) is -0.214. The van der Waals surface area contributed by atoms with E-state index in [9.17, 15) is 4.79 Å². The molecule has 2 aromatic rings. The van der Waals surface area contributed by atoms with Crippen LogP contribution >= 0.6 is 0 Å². The number of carbonyl (C=O) groups is 1. The Hall–Kier alpha value is -2.15. The van der Waals surface area contributed by atoms with Crippen LogP contribution in [0.2, 0.25) is 0 Å². The van der Waals surface area contributed by atoms with Crippen LogP contribution in [0.5, 0.6) is 0 Å². The lowest BCUT2D eigenvalue weighted by atomic mass is 10.3. The van der Waals surface area contributed by atoms with Crippen molar-refractivity contribution in [2.75, 3.05) is 6.54 Å². The highest BCUT2D eigenvalue weighted by Crippen LogP contribution is 2.02. The maximum absolute atomic E-state index is 10.9. The zero-order valence-electron chi connectivity index (χ0n) is 9.17. The van der Waals surface area contributed by atoms with Crippen LogP contribution in [0.15, 0.2) is 29.2 Å². The first kappa shape index (κ1) is 11.3. The van der Waals surface area contributed by atoms with Gasteiger partial charge in [0.15, 0.2) is 0 Å². The number of aromatic nitrogens is 3. The number of hydrogen-bond acceptors (Lipinski definition) is 5. The largest absolute Gasteiger partial charge is 0.472 e. The van der Waals surface area contributed by atoms with Crippen molar-refractivity contribution in [1.82, 2.24) is 20.3 Å². The first-order valence-corrected chi connectivity index (χ1v) is 5.15. The number of hydrogen-bond donors (Lipinski definition) is 2. The van der Waals surface area contributed by atoms with E-state index in [1.54, 1.807) is 23.4 Å². The smallest absolute Gasteiger partial charge is 0.234 e. The third kappa shape index (κ3) is 3.15. The van der Waals surface area contributed by atoms with Gasteiger partial charge in [0.1, 0.15) is 5.69 Å². The van der Waals surface area contributed by atoms with E-state index < -0.39 is 0 Å². The molecule has 0 bridgehead atoms. The highest BCUT2D eigenvalue weighted by molar-refractivity contribution is 5.77. The Kier molecular flexibility index (Phi) is 3.51. The Bertz CT molecular complexity index is 477. The molecule has 0 saturated heterocycles. The van der Waals surface area contributed by atoms with Gasteiger partial charge in [-0.05, 0) is 6.07 Å². The van der Waals surface area contributed by atoms with E-state index in [1.165, 1.54) is 0 Å². The van der Waals surface area contributed by atoms with Crippen molar-refractivity contribution in [1.29, 1.82) is 0 Å². The number of nitrogens with one attached hydrogen (secondary N) is 1. The average molecular weight is 235 g/mol. The van der Waals surface area contributed by atoms with Gasteiger partial charge >= 0.3 is 0 Å². The quantitative estimate of drug-likeness (QED) is 0.727. The number of nitrogens with zero attached hydrogens (tertiary/aromatic N) is 3. The van der Waals surface area contributed by atoms with Crippen molar-refractivity contribution in [2.24, 2.45) is 5.73 Å². The second-order valence-electron chi connectivity index (χ2n) is 3.52. The van der Waals surface area contributed by atoms with Gasteiger partial charge in [-0.1, -0.05) is 5.21 Å². The third-order valence-electron chi connectivity index (χ3n) is 2.16. The Morgan fingerprint density at radius 2 is 2.47 bits per heavy atom. The molecule has 0 unspecified atom stereocenters. The van der Waals surface area contributed by atoms with E-state index in [0.29, 0.717) is 18.8 Å². The van der Waals surface area contributed by atoms with Crippen molar-refractivity contribution >= 4 is 5.91 Å². The minimum Gasteiger partial charge on any atom is -0.472 e. The second-order valence-corrected chi connectivity index (χ2v) is 3.52. The van der Waals surface area contributed by atoms with E-state index in [1.807, 2.05) is 6.07 Å². The van der Waals surface area contributed by atoms with Gasteiger partial charge in [0.2, 0.25) is 5.91 Å². The fourth-order valence-corrected chi connectivity index (χ4v) is 1.33. The maximum atomic E-state index is 10.9. The van der Waals surface area contributed by atoms with Gasteiger partial charge in [0.25, 0.3) is 0 Å². The summed E-state index contributed by atoms with van der Waals surface area (Å²) in [6.45, 7) is 0.902. The fourth-order valence-electron chi connectivity index (χ4n) is 1.33. The number of nitrogens with two attached hydrogens (primary N) is 1. The first-order chi connectivity index (χ1) is 8.28. The molecule has 0 spiro atoms. The molecule has 0 aromatic carbocycles. The molecule has 0 atom stereocenters. The zero-order chi connectivity index (χ0) is 12.1. The highest BCUT2D eigenvalue weighted by atomic mass is 16.3. The Morgan fingerprint density at radius 3 is 3.18 bits per heavy atom. The molecule has 2 heterocycles. The number of carbonyl (C=O) groups excluding carboxylic acids is 1. The number of amides is 1. The summed E-state index contributed by atoms with van der Waals surface area (Å²) in [5, 5.41) is 10.5. The molecule has 17 heavy (non-hydrogen) atoms. The first-order valence-electron chi connectivity index (χ1n) is 5.15. The molecule has 90 valence electrons. The van der Waals surface area contributed by atoms with Crippen LogP contribution in [0.4, 0.5) is 0 Å². The van der Waals surface area contributed by atoms with Gasteiger partial charge in [-0.15, -0.1) is 5.10 Å². The van der Waals surface area contributed by atoms with E-state index in [0.717, 1.165) is 5.56 Å². The zero-order valence-corrected chi connectivity index (χ0v) is 9.17. The van der Waals surface area contributed by atoms with E-state index in [4.69, 9.17) is 10.2 Å². The SMILES string of the molecule is NCC(=O)NCc1cn(Cc2ccoc2)nn1. The standard InChI is InChI=1S/C10H13N5O2/c11-3-10(16)12-4-9-6-15(14-13-9)5-8-1-2-17-7-8/h1-2,6-7H,3-5,11H2,(H,12,16). The summed E-state index contributed by atoms with van der Waals surface area (Å²) in [6.07, 6.45) is 5.02. The van der Waals surface area contributed by atoms with Crippen molar-refractivity contribution in [3.8, 4) is 0 Å². The molecule has 7 heteroatoms. The predicted molar refractivity (Wildman–Crippen MR) is 58.7 cm³/mol. The van der Waals surface area contributed by atoms with Crippen molar-refractivity contribution in [2.45, 2.75) is 13.1 Å². The molecule has 2 rings (SSSR count). The van der Waals surface area contributed by atoms with Crippen molar-refractivity contribution < 1.29 is 9.21 Å². The molecule has 0 aliphatic rings. The number of furan rings is 1. The summed E-state index contributed by atoms with van der Waals surface area (Å²) in [5.41, 5.74) is 6.87. The molecule has 0 radical (unpaired) electrons. The van der Waals surface area contributed by atoms with Gasteiger partial charge in [-0.2, -0.15) is 0 Å². The van der Waals surface area contributed by atoms with Crippen LogP contribution in [0.3, 0.4) is 0 Å². The molecule has 0 fully saturated rings. The molecular weight excluding hydrogens is 222 g/mol. The Morgan fingerprint density at radius 1 is 1.59 bits per heavy atom.